The van der Waals surface area contributed by atoms with Gasteiger partial charge in [0.2, 0.25) is 5.71 Å². The van der Waals surface area contributed by atoms with Crippen molar-refractivity contribution in [2.75, 3.05) is 0 Å². The van der Waals surface area contributed by atoms with Gasteiger partial charge in [0.25, 0.3) is 0 Å². The van der Waals surface area contributed by atoms with E-state index in [2.05, 4.69) is 29.0 Å². The molecule has 0 aliphatic carbocycles. The number of furan rings is 1. The van der Waals surface area contributed by atoms with Gasteiger partial charge in [-0.3, -0.25) is 0 Å². The van der Waals surface area contributed by atoms with E-state index in [1.54, 1.807) is 6.33 Å². The molecule has 0 saturated heterocycles. The predicted octanol–water partition coefficient (Wildman–Crippen LogP) is 4.87. The molecule has 3 heteroatoms. The van der Waals surface area contributed by atoms with Crippen LogP contribution < -0.4 is 0 Å². The van der Waals surface area contributed by atoms with E-state index in [1.807, 2.05) is 48.5 Å². The molecule has 0 unspecified atom stereocenters. The summed E-state index contributed by atoms with van der Waals surface area (Å²) in [7, 11) is 0. The van der Waals surface area contributed by atoms with E-state index < -0.39 is 0 Å². The third kappa shape index (κ3) is 1.99. The normalized spacial score (nSPS) is 11.0. The molecule has 0 bridgehead atoms. The lowest BCUT2D eigenvalue weighted by Crippen LogP contribution is -1.87. The van der Waals surface area contributed by atoms with Crippen molar-refractivity contribution in [3.05, 3.63) is 72.6 Å². The first-order valence-corrected chi connectivity index (χ1v) is 7.19. The van der Waals surface area contributed by atoms with Crippen LogP contribution in [0.5, 0.6) is 0 Å². The SMILES string of the molecule is Cc1c(-c2ccccc2)oc2ncnc(-c3ccccc3)c12. The Balaban J connectivity index is 2.00. The molecular weight excluding hydrogens is 272 g/mol. The number of benzene rings is 2. The number of nitrogens with zero attached hydrogens (tertiary/aromatic N) is 2. The minimum Gasteiger partial charge on any atom is -0.437 e. The summed E-state index contributed by atoms with van der Waals surface area (Å²) in [4.78, 5) is 8.77. The van der Waals surface area contributed by atoms with Crippen LogP contribution in [0.25, 0.3) is 33.7 Å². The molecule has 106 valence electrons. The van der Waals surface area contributed by atoms with Gasteiger partial charge in [0.05, 0.1) is 11.1 Å². The van der Waals surface area contributed by atoms with Gasteiger partial charge >= 0.3 is 0 Å². The monoisotopic (exact) mass is 286 g/mol. The van der Waals surface area contributed by atoms with Gasteiger partial charge in [0, 0.05) is 16.7 Å². The highest BCUT2D eigenvalue weighted by molar-refractivity contribution is 5.95. The number of aryl methyl sites for hydroxylation is 1. The van der Waals surface area contributed by atoms with E-state index in [-0.39, 0.29) is 0 Å². The zero-order valence-corrected chi connectivity index (χ0v) is 12.2. The fraction of sp³-hybridized carbons (Fsp3) is 0.0526. The van der Waals surface area contributed by atoms with Crippen LogP contribution >= 0.6 is 0 Å². The summed E-state index contributed by atoms with van der Waals surface area (Å²) < 4.78 is 6.00. The average molecular weight is 286 g/mol. The molecule has 2 aromatic heterocycles. The molecule has 0 aliphatic rings. The lowest BCUT2D eigenvalue weighted by atomic mass is 10.0. The van der Waals surface area contributed by atoms with Crippen LogP contribution in [0.2, 0.25) is 0 Å². The fourth-order valence-electron chi connectivity index (χ4n) is 2.75. The van der Waals surface area contributed by atoms with Gasteiger partial charge in [-0.2, -0.15) is 0 Å². The molecule has 22 heavy (non-hydrogen) atoms. The Labute approximate surface area is 128 Å². The number of rotatable bonds is 2. The Morgan fingerprint density at radius 3 is 2.09 bits per heavy atom. The van der Waals surface area contributed by atoms with Crippen molar-refractivity contribution in [2.24, 2.45) is 0 Å². The Kier molecular flexibility index (Phi) is 2.97. The van der Waals surface area contributed by atoms with Crippen LogP contribution in [-0.4, -0.2) is 9.97 Å². The van der Waals surface area contributed by atoms with E-state index in [4.69, 9.17) is 4.42 Å². The zero-order chi connectivity index (χ0) is 14.9. The Bertz CT molecular complexity index is 928. The summed E-state index contributed by atoms with van der Waals surface area (Å²) in [5.41, 5.74) is 4.73. The molecule has 2 aromatic carbocycles. The van der Waals surface area contributed by atoms with E-state index in [0.29, 0.717) is 5.71 Å². The van der Waals surface area contributed by atoms with Crippen LogP contribution in [0.1, 0.15) is 5.56 Å². The topological polar surface area (TPSA) is 38.9 Å². The van der Waals surface area contributed by atoms with Gasteiger partial charge in [0.1, 0.15) is 12.1 Å². The number of hydrogen-bond acceptors (Lipinski definition) is 3. The van der Waals surface area contributed by atoms with Gasteiger partial charge in [-0.15, -0.1) is 0 Å². The average Bonchev–Trinajstić information content (AvgIpc) is 2.94. The lowest BCUT2D eigenvalue weighted by Gasteiger charge is -2.02. The minimum atomic E-state index is 0.630. The van der Waals surface area contributed by atoms with Gasteiger partial charge in [0.15, 0.2) is 0 Å². The third-order valence-electron chi connectivity index (χ3n) is 3.81. The highest BCUT2D eigenvalue weighted by Gasteiger charge is 2.17. The van der Waals surface area contributed by atoms with Crippen molar-refractivity contribution >= 4 is 11.1 Å². The summed E-state index contributed by atoms with van der Waals surface area (Å²) in [6.07, 6.45) is 1.56. The second-order valence-corrected chi connectivity index (χ2v) is 5.19. The van der Waals surface area contributed by atoms with Gasteiger partial charge < -0.3 is 4.42 Å². The molecular formula is C19H14N2O. The molecule has 2 heterocycles. The van der Waals surface area contributed by atoms with Gasteiger partial charge in [-0.05, 0) is 6.92 Å². The molecule has 0 radical (unpaired) electrons. The minimum absolute atomic E-state index is 0.630. The van der Waals surface area contributed by atoms with Crippen molar-refractivity contribution in [2.45, 2.75) is 6.92 Å². The van der Waals surface area contributed by atoms with Gasteiger partial charge in [-0.1, -0.05) is 60.7 Å². The number of hydrogen-bond donors (Lipinski definition) is 0. The van der Waals surface area contributed by atoms with Crippen molar-refractivity contribution in [1.29, 1.82) is 0 Å². The first kappa shape index (κ1) is 12.8. The molecule has 0 aliphatic heterocycles. The quantitative estimate of drug-likeness (QED) is 0.528. The van der Waals surface area contributed by atoms with E-state index in [1.165, 1.54) is 0 Å². The smallest absolute Gasteiger partial charge is 0.230 e. The van der Waals surface area contributed by atoms with E-state index in [9.17, 15) is 0 Å². The zero-order valence-electron chi connectivity index (χ0n) is 12.2. The first-order valence-electron chi connectivity index (χ1n) is 7.19. The summed E-state index contributed by atoms with van der Waals surface area (Å²) >= 11 is 0. The first-order chi connectivity index (χ1) is 10.8. The standard InChI is InChI=1S/C19H14N2O/c1-13-16-17(14-8-4-2-5-9-14)20-12-21-19(16)22-18(13)15-10-6-3-7-11-15/h2-12H,1H3. The second kappa shape index (κ2) is 5.11. The second-order valence-electron chi connectivity index (χ2n) is 5.19. The number of fused-ring (bicyclic) bond motifs is 1. The van der Waals surface area contributed by atoms with Crippen molar-refractivity contribution < 1.29 is 4.42 Å². The summed E-state index contributed by atoms with van der Waals surface area (Å²) in [5, 5.41) is 0.979. The maximum atomic E-state index is 6.00. The Hall–Kier alpha value is -2.94. The lowest BCUT2D eigenvalue weighted by molar-refractivity contribution is 0.615. The van der Waals surface area contributed by atoms with Gasteiger partial charge in [-0.25, -0.2) is 9.97 Å². The summed E-state index contributed by atoms with van der Waals surface area (Å²) in [5.74, 6) is 0.855. The highest BCUT2D eigenvalue weighted by Crippen LogP contribution is 2.36. The molecule has 0 atom stereocenters. The van der Waals surface area contributed by atoms with Crippen LogP contribution in [-0.2, 0) is 0 Å². The van der Waals surface area contributed by atoms with Crippen LogP contribution in [0.3, 0.4) is 0 Å². The van der Waals surface area contributed by atoms with Crippen molar-refractivity contribution in [3.8, 4) is 22.6 Å². The summed E-state index contributed by atoms with van der Waals surface area (Å²) in [6.45, 7) is 2.06. The fourth-order valence-corrected chi connectivity index (χ4v) is 2.75. The van der Waals surface area contributed by atoms with Crippen molar-refractivity contribution in [3.63, 3.8) is 0 Å². The van der Waals surface area contributed by atoms with Crippen LogP contribution in [0.4, 0.5) is 0 Å². The van der Waals surface area contributed by atoms with Crippen LogP contribution in [0.15, 0.2) is 71.4 Å². The molecule has 0 N–H and O–H groups in total. The predicted molar refractivity (Wildman–Crippen MR) is 87.4 cm³/mol. The molecule has 0 saturated carbocycles. The molecule has 0 amide bonds. The third-order valence-corrected chi connectivity index (χ3v) is 3.81. The molecule has 0 fully saturated rings. The van der Waals surface area contributed by atoms with E-state index >= 15 is 0 Å². The Morgan fingerprint density at radius 1 is 0.773 bits per heavy atom. The highest BCUT2D eigenvalue weighted by atomic mass is 16.3. The Morgan fingerprint density at radius 2 is 1.41 bits per heavy atom. The molecule has 4 aromatic rings. The number of aromatic nitrogens is 2. The van der Waals surface area contributed by atoms with E-state index in [0.717, 1.165) is 33.5 Å². The maximum Gasteiger partial charge on any atom is 0.230 e. The molecule has 3 nitrogen and oxygen atoms in total. The molecule has 4 rings (SSSR count). The van der Waals surface area contributed by atoms with Crippen LogP contribution in [0, 0.1) is 6.92 Å². The maximum absolute atomic E-state index is 6.00. The largest absolute Gasteiger partial charge is 0.437 e. The summed E-state index contributed by atoms with van der Waals surface area (Å²) in [6, 6.07) is 20.2. The van der Waals surface area contributed by atoms with Crippen molar-refractivity contribution in [1.82, 2.24) is 9.97 Å². The molecule has 0 spiro atoms.